The van der Waals surface area contributed by atoms with Gasteiger partial charge in [0.1, 0.15) is 6.10 Å². The topological polar surface area (TPSA) is 64.0 Å². The van der Waals surface area contributed by atoms with Crippen LogP contribution in [0.5, 0.6) is 0 Å². The molecule has 0 aromatic carbocycles. The molecule has 0 spiro atoms. The number of carboxylic acids is 1. The molecule has 118 valence electrons. The highest BCUT2D eigenvalue weighted by Crippen LogP contribution is 2.08. The number of aliphatic carboxylic acids is 1. The number of aliphatic hydroxyl groups excluding tert-OH is 1. The second-order valence-electron chi connectivity index (χ2n) is 5.29. The molecule has 0 aromatic rings. The Bertz CT molecular complexity index is 280. The highest BCUT2D eigenvalue weighted by atomic mass is 16.4. The standard InChI is InChI=1S/C12H24N2.C3H6O3/c1-3-4-5-6-7-8-9-14-11-10-13(2)12-14;1-2(4)3(5)6/h10-11H,3-9,12H2,1-2H3;2,4H,1H3,(H,5,6). The third-order valence-electron chi connectivity index (χ3n) is 3.09. The molecule has 0 aromatic heterocycles. The Labute approximate surface area is 122 Å². The Morgan fingerprint density at radius 2 is 1.75 bits per heavy atom. The van der Waals surface area contributed by atoms with Gasteiger partial charge in [-0.2, -0.15) is 0 Å². The maximum atomic E-state index is 9.45. The van der Waals surface area contributed by atoms with Crippen molar-refractivity contribution in [3.8, 4) is 0 Å². The third-order valence-corrected chi connectivity index (χ3v) is 3.09. The number of rotatable bonds is 8. The van der Waals surface area contributed by atoms with E-state index < -0.39 is 12.1 Å². The first-order valence-electron chi connectivity index (χ1n) is 7.50. The number of hydrogen-bond donors (Lipinski definition) is 2. The number of unbranched alkanes of at least 4 members (excludes halogenated alkanes) is 5. The van der Waals surface area contributed by atoms with Gasteiger partial charge in [0.15, 0.2) is 0 Å². The van der Waals surface area contributed by atoms with E-state index >= 15 is 0 Å². The van der Waals surface area contributed by atoms with Crippen LogP contribution in [0.2, 0.25) is 0 Å². The van der Waals surface area contributed by atoms with Crippen LogP contribution in [0.15, 0.2) is 12.4 Å². The maximum absolute atomic E-state index is 9.45. The molecule has 0 aliphatic carbocycles. The molecule has 0 saturated heterocycles. The van der Waals surface area contributed by atoms with Gasteiger partial charge in [-0.1, -0.05) is 39.0 Å². The normalized spacial score (nSPS) is 15.0. The van der Waals surface area contributed by atoms with Crippen molar-refractivity contribution in [1.29, 1.82) is 0 Å². The van der Waals surface area contributed by atoms with Crippen LogP contribution in [0.3, 0.4) is 0 Å². The van der Waals surface area contributed by atoms with Crippen LogP contribution in [0.1, 0.15) is 52.4 Å². The summed E-state index contributed by atoms with van der Waals surface area (Å²) in [6.07, 6.45) is 11.5. The zero-order valence-electron chi connectivity index (χ0n) is 13.1. The number of carbonyl (C=O) groups is 1. The summed E-state index contributed by atoms with van der Waals surface area (Å²) in [6, 6.07) is 0. The summed E-state index contributed by atoms with van der Waals surface area (Å²) in [4.78, 5) is 14.1. The molecule has 0 radical (unpaired) electrons. The lowest BCUT2D eigenvalue weighted by Gasteiger charge is -2.17. The molecular formula is C15H30N2O3. The van der Waals surface area contributed by atoms with Crippen molar-refractivity contribution < 1.29 is 15.0 Å². The van der Waals surface area contributed by atoms with E-state index in [-0.39, 0.29) is 0 Å². The van der Waals surface area contributed by atoms with Gasteiger partial charge in [0.2, 0.25) is 0 Å². The molecule has 20 heavy (non-hydrogen) atoms. The second-order valence-corrected chi connectivity index (χ2v) is 5.29. The zero-order chi connectivity index (χ0) is 15.4. The maximum Gasteiger partial charge on any atom is 0.332 e. The summed E-state index contributed by atoms with van der Waals surface area (Å²) in [5.74, 6) is -1.19. The molecule has 2 N–H and O–H groups in total. The van der Waals surface area contributed by atoms with Gasteiger partial charge < -0.3 is 20.0 Å². The van der Waals surface area contributed by atoms with E-state index in [1.807, 2.05) is 0 Å². The van der Waals surface area contributed by atoms with Crippen molar-refractivity contribution in [2.45, 2.75) is 58.5 Å². The van der Waals surface area contributed by atoms with E-state index in [2.05, 4.69) is 36.2 Å². The van der Waals surface area contributed by atoms with Gasteiger partial charge in [-0.05, 0) is 13.3 Å². The molecule has 1 unspecified atom stereocenters. The molecule has 1 atom stereocenters. The van der Waals surface area contributed by atoms with Crippen LogP contribution in [0.25, 0.3) is 0 Å². The van der Waals surface area contributed by atoms with Crippen LogP contribution < -0.4 is 0 Å². The van der Waals surface area contributed by atoms with Crippen molar-refractivity contribution in [2.24, 2.45) is 0 Å². The molecular weight excluding hydrogens is 256 g/mol. The fourth-order valence-corrected chi connectivity index (χ4v) is 1.83. The average molecular weight is 286 g/mol. The van der Waals surface area contributed by atoms with Crippen molar-refractivity contribution in [1.82, 2.24) is 9.80 Å². The molecule has 0 amide bonds. The molecule has 5 heteroatoms. The largest absolute Gasteiger partial charge is 0.479 e. The summed E-state index contributed by atoms with van der Waals surface area (Å²) in [7, 11) is 2.12. The zero-order valence-corrected chi connectivity index (χ0v) is 13.1. The number of nitrogens with zero attached hydrogens (tertiary/aromatic N) is 2. The van der Waals surface area contributed by atoms with E-state index in [1.54, 1.807) is 0 Å². The molecule has 0 fully saturated rings. The number of hydrogen-bond acceptors (Lipinski definition) is 4. The molecule has 1 rings (SSSR count). The lowest BCUT2D eigenvalue weighted by Crippen LogP contribution is -2.23. The minimum absolute atomic E-state index is 1.08. The van der Waals surface area contributed by atoms with Gasteiger partial charge >= 0.3 is 5.97 Å². The van der Waals surface area contributed by atoms with Crippen molar-refractivity contribution in [2.75, 3.05) is 20.3 Å². The van der Waals surface area contributed by atoms with Crippen LogP contribution in [-0.2, 0) is 4.79 Å². The SMILES string of the molecule is CC(O)C(=O)O.CCCCCCCCN1C=CN(C)C1. The Kier molecular flexibility index (Phi) is 10.9. The van der Waals surface area contributed by atoms with Gasteiger partial charge in [-0.15, -0.1) is 0 Å². The van der Waals surface area contributed by atoms with Crippen LogP contribution in [0, 0.1) is 0 Å². The Morgan fingerprint density at radius 3 is 2.20 bits per heavy atom. The Morgan fingerprint density at radius 1 is 1.20 bits per heavy atom. The molecule has 1 heterocycles. The summed E-state index contributed by atoms with van der Waals surface area (Å²) in [5, 5.41) is 15.8. The van der Waals surface area contributed by atoms with Crippen molar-refractivity contribution in [3.63, 3.8) is 0 Å². The Hall–Kier alpha value is -1.23. The first kappa shape index (κ1) is 18.8. The van der Waals surface area contributed by atoms with Crippen LogP contribution in [0.4, 0.5) is 0 Å². The van der Waals surface area contributed by atoms with Crippen molar-refractivity contribution in [3.05, 3.63) is 12.4 Å². The van der Waals surface area contributed by atoms with Crippen molar-refractivity contribution >= 4 is 5.97 Å². The smallest absolute Gasteiger partial charge is 0.332 e. The monoisotopic (exact) mass is 286 g/mol. The second kappa shape index (κ2) is 11.6. The van der Waals surface area contributed by atoms with E-state index in [1.165, 1.54) is 52.0 Å². The van der Waals surface area contributed by atoms with E-state index in [0.29, 0.717) is 0 Å². The lowest BCUT2D eigenvalue weighted by molar-refractivity contribution is -0.145. The Balaban J connectivity index is 0.000000511. The molecule has 0 bridgehead atoms. The predicted octanol–water partition coefficient (Wildman–Crippen LogP) is 2.47. The van der Waals surface area contributed by atoms with E-state index in [0.717, 1.165) is 6.67 Å². The average Bonchev–Trinajstić information content (AvgIpc) is 2.80. The van der Waals surface area contributed by atoms with Gasteiger partial charge in [0.05, 0.1) is 6.67 Å². The molecule has 1 aliphatic heterocycles. The van der Waals surface area contributed by atoms with Gasteiger partial charge in [-0.25, -0.2) is 4.79 Å². The summed E-state index contributed by atoms with van der Waals surface area (Å²) in [6.45, 7) is 5.77. The first-order chi connectivity index (χ1) is 9.47. The van der Waals surface area contributed by atoms with Gasteiger partial charge in [-0.3, -0.25) is 0 Å². The van der Waals surface area contributed by atoms with Crippen LogP contribution in [-0.4, -0.2) is 52.3 Å². The van der Waals surface area contributed by atoms with E-state index in [4.69, 9.17) is 10.2 Å². The fourth-order valence-electron chi connectivity index (χ4n) is 1.83. The molecule has 1 aliphatic rings. The van der Waals surface area contributed by atoms with Crippen LogP contribution >= 0.6 is 0 Å². The lowest BCUT2D eigenvalue weighted by atomic mass is 10.1. The first-order valence-corrected chi connectivity index (χ1v) is 7.50. The molecule has 0 saturated carbocycles. The predicted molar refractivity (Wildman–Crippen MR) is 81.2 cm³/mol. The highest BCUT2D eigenvalue weighted by Gasteiger charge is 2.06. The quantitative estimate of drug-likeness (QED) is 0.671. The fraction of sp³-hybridized carbons (Fsp3) is 0.800. The van der Waals surface area contributed by atoms with E-state index in [9.17, 15) is 4.79 Å². The number of carboxylic acid groups (broad SMARTS) is 1. The summed E-state index contributed by atoms with van der Waals surface area (Å²) < 4.78 is 0. The molecule has 5 nitrogen and oxygen atoms in total. The highest BCUT2D eigenvalue weighted by molar-refractivity contribution is 5.71. The summed E-state index contributed by atoms with van der Waals surface area (Å²) in [5.41, 5.74) is 0. The number of aliphatic hydroxyl groups is 1. The third kappa shape index (κ3) is 10.7. The minimum Gasteiger partial charge on any atom is -0.479 e. The van der Waals surface area contributed by atoms with Gasteiger partial charge in [0.25, 0.3) is 0 Å². The van der Waals surface area contributed by atoms with Gasteiger partial charge in [0, 0.05) is 26.0 Å². The minimum atomic E-state index is -1.23. The summed E-state index contributed by atoms with van der Waals surface area (Å²) >= 11 is 0.